The monoisotopic (exact) mass is 414 g/mol. The molecule has 0 aliphatic carbocycles. The lowest BCUT2D eigenvalue weighted by molar-refractivity contribution is 1.03. The molecule has 3 heteroatoms. The molecule has 0 saturated carbocycles. The van der Waals surface area contributed by atoms with Gasteiger partial charge in [0.25, 0.3) is 0 Å². The van der Waals surface area contributed by atoms with Crippen LogP contribution in [0, 0.1) is 0 Å². The lowest BCUT2D eigenvalue weighted by atomic mass is 9.95. The van der Waals surface area contributed by atoms with Gasteiger partial charge in [0.05, 0.1) is 4.83 Å². The molecule has 0 aromatic heterocycles. The first-order valence-corrected chi connectivity index (χ1v) is 8.86. The van der Waals surface area contributed by atoms with Crippen molar-refractivity contribution >= 4 is 43.5 Å². The third-order valence-electron chi connectivity index (χ3n) is 3.50. The predicted molar refractivity (Wildman–Crippen MR) is 95.1 cm³/mol. The number of halogens is 3. The van der Waals surface area contributed by atoms with Crippen LogP contribution < -0.4 is 0 Å². The minimum Gasteiger partial charge on any atom is -0.0840 e. The molecule has 0 saturated heterocycles. The number of aryl methyl sites for hydroxylation is 2. The van der Waals surface area contributed by atoms with E-state index in [1.165, 1.54) is 16.7 Å². The molecule has 2 rings (SSSR count). The molecule has 1 atom stereocenters. The van der Waals surface area contributed by atoms with Crippen LogP contribution in [0.1, 0.15) is 40.9 Å². The van der Waals surface area contributed by atoms with Gasteiger partial charge in [-0.05, 0) is 53.3 Å². The fraction of sp³-hybridized carbons (Fsp3) is 0.294. The number of hydrogen-bond acceptors (Lipinski definition) is 0. The Morgan fingerprint density at radius 2 is 1.75 bits per heavy atom. The van der Waals surface area contributed by atoms with Crippen molar-refractivity contribution in [2.75, 3.05) is 0 Å². The maximum Gasteiger partial charge on any atom is 0.0662 e. The second kappa shape index (κ2) is 7.11. The largest absolute Gasteiger partial charge is 0.0840 e. The van der Waals surface area contributed by atoms with E-state index in [1.54, 1.807) is 0 Å². The van der Waals surface area contributed by atoms with Gasteiger partial charge >= 0.3 is 0 Å². The first kappa shape index (κ1) is 16.1. The van der Waals surface area contributed by atoms with E-state index >= 15 is 0 Å². The first-order valence-electron chi connectivity index (χ1n) is 6.77. The third kappa shape index (κ3) is 3.47. The van der Waals surface area contributed by atoms with Gasteiger partial charge in [-0.3, -0.25) is 0 Å². The van der Waals surface area contributed by atoms with E-state index in [0.717, 1.165) is 27.9 Å². The van der Waals surface area contributed by atoms with Crippen LogP contribution in [-0.4, -0.2) is 0 Å². The number of hydrogen-bond donors (Lipinski definition) is 0. The Bertz CT molecular complexity index is 608. The van der Waals surface area contributed by atoms with Crippen molar-refractivity contribution in [2.24, 2.45) is 0 Å². The number of rotatable bonds is 4. The van der Waals surface area contributed by atoms with Crippen LogP contribution in [0.2, 0.25) is 5.02 Å². The van der Waals surface area contributed by atoms with Crippen LogP contribution in [0.4, 0.5) is 0 Å². The summed E-state index contributed by atoms with van der Waals surface area (Å²) in [6.07, 6.45) is 2.07. The highest BCUT2D eigenvalue weighted by molar-refractivity contribution is 9.10. The molecule has 0 spiro atoms. The molecular formula is C17H17Br2Cl. The normalized spacial score (nSPS) is 12.4. The van der Waals surface area contributed by atoms with Crippen molar-refractivity contribution < 1.29 is 0 Å². The average Bonchev–Trinajstić information content (AvgIpc) is 2.48. The van der Waals surface area contributed by atoms with Gasteiger partial charge in [-0.15, -0.1) is 0 Å². The van der Waals surface area contributed by atoms with Crippen molar-refractivity contribution in [3.8, 4) is 0 Å². The van der Waals surface area contributed by atoms with E-state index in [2.05, 4.69) is 70.0 Å². The molecule has 0 bridgehead atoms. The molecule has 0 aliphatic rings. The SMILES string of the molecule is CCc1ccc(CC)c(C(Br)c2cc(Br)ccc2Cl)c1. The summed E-state index contributed by atoms with van der Waals surface area (Å²) in [5, 5.41) is 0.791. The summed E-state index contributed by atoms with van der Waals surface area (Å²) in [4.78, 5) is 0.119. The number of benzene rings is 2. The predicted octanol–water partition coefficient (Wildman–Crippen LogP) is 6.71. The molecule has 0 aliphatic heterocycles. The summed E-state index contributed by atoms with van der Waals surface area (Å²) < 4.78 is 1.05. The van der Waals surface area contributed by atoms with Crippen LogP contribution in [0.25, 0.3) is 0 Å². The van der Waals surface area contributed by atoms with Crippen molar-refractivity contribution in [1.29, 1.82) is 0 Å². The van der Waals surface area contributed by atoms with Gasteiger partial charge in [-0.2, -0.15) is 0 Å². The van der Waals surface area contributed by atoms with Gasteiger partial charge in [0.15, 0.2) is 0 Å². The average molecular weight is 417 g/mol. The van der Waals surface area contributed by atoms with Gasteiger partial charge < -0.3 is 0 Å². The molecule has 2 aromatic rings. The van der Waals surface area contributed by atoms with Gasteiger partial charge in [0.1, 0.15) is 0 Å². The molecule has 0 fully saturated rings. The van der Waals surface area contributed by atoms with Gasteiger partial charge in [0.2, 0.25) is 0 Å². The van der Waals surface area contributed by atoms with E-state index in [0.29, 0.717) is 0 Å². The van der Waals surface area contributed by atoms with E-state index < -0.39 is 0 Å². The lowest BCUT2D eigenvalue weighted by Crippen LogP contribution is -2.00. The third-order valence-corrected chi connectivity index (χ3v) is 5.33. The molecule has 0 amide bonds. The van der Waals surface area contributed by atoms with E-state index in [4.69, 9.17) is 11.6 Å². The minimum atomic E-state index is 0.119. The molecule has 0 radical (unpaired) electrons. The van der Waals surface area contributed by atoms with Crippen LogP contribution in [-0.2, 0) is 12.8 Å². The topological polar surface area (TPSA) is 0 Å². The van der Waals surface area contributed by atoms with E-state index in [9.17, 15) is 0 Å². The van der Waals surface area contributed by atoms with Crippen LogP contribution in [0.5, 0.6) is 0 Å². The lowest BCUT2D eigenvalue weighted by Gasteiger charge is -2.18. The summed E-state index contributed by atoms with van der Waals surface area (Å²) in [7, 11) is 0. The van der Waals surface area contributed by atoms with Gasteiger partial charge in [-0.1, -0.05) is 75.5 Å². The Morgan fingerprint density at radius 1 is 1.00 bits per heavy atom. The molecule has 0 N–H and O–H groups in total. The van der Waals surface area contributed by atoms with Crippen LogP contribution in [0.3, 0.4) is 0 Å². The Hall–Kier alpha value is -0.310. The summed E-state index contributed by atoms with van der Waals surface area (Å²) in [5.41, 5.74) is 5.13. The van der Waals surface area contributed by atoms with Crippen LogP contribution in [0.15, 0.2) is 40.9 Å². The zero-order valence-corrected chi connectivity index (χ0v) is 15.5. The smallest absolute Gasteiger partial charge is 0.0662 e. The van der Waals surface area contributed by atoms with Crippen molar-refractivity contribution in [3.63, 3.8) is 0 Å². The number of alkyl halides is 1. The zero-order chi connectivity index (χ0) is 14.7. The van der Waals surface area contributed by atoms with E-state index in [-0.39, 0.29) is 4.83 Å². The fourth-order valence-electron chi connectivity index (χ4n) is 2.30. The van der Waals surface area contributed by atoms with Crippen molar-refractivity contribution in [1.82, 2.24) is 0 Å². The minimum absolute atomic E-state index is 0.119. The van der Waals surface area contributed by atoms with Crippen molar-refractivity contribution in [2.45, 2.75) is 31.5 Å². The summed E-state index contributed by atoms with van der Waals surface area (Å²) in [6.45, 7) is 4.37. The second-order valence-corrected chi connectivity index (χ2v) is 7.01. The summed E-state index contributed by atoms with van der Waals surface area (Å²) in [6, 6.07) is 12.7. The highest BCUT2D eigenvalue weighted by atomic mass is 79.9. The molecule has 0 heterocycles. The van der Waals surface area contributed by atoms with Gasteiger partial charge in [-0.25, -0.2) is 0 Å². The second-order valence-electron chi connectivity index (χ2n) is 4.77. The molecule has 1 unspecified atom stereocenters. The van der Waals surface area contributed by atoms with E-state index in [1.807, 2.05) is 12.1 Å². The molecule has 106 valence electrons. The van der Waals surface area contributed by atoms with Gasteiger partial charge in [0, 0.05) is 9.50 Å². The molecular weight excluding hydrogens is 399 g/mol. The maximum absolute atomic E-state index is 6.36. The Labute approximate surface area is 142 Å². The van der Waals surface area contributed by atoms with Crippen LogP contribution >= 0.6 is 43.5 Å². The first-order chi connectivity index (χ1) is 9.56. The standard InChI is InChI=1S/C17H17Br2Cl/c1-3-11-5-6-12(4-2)14(9-11)17(19)15-10-13(18)7-8-16(15)20/h5-10,17H,3-4H2,1-2H3. The fourth-order valence-corrected chi connectivity index (χ4v) is 3.84. The highest BCUT2D eigenvalue weighted by Gasteiger charge is 2.17. The Morgan fingerprint density at radius 3 is 2.40 bits per heavy atom. The summed E-state index contributed by atoms with van der Waals surface area (Å²) in [5.74, 6) is 0. The molecule has 20 heavy (non-hydrogen) atoms. The summed E-state index contributed by atoms with van der Waals surface area (Å²) >= 11 is 13.7. The maximum atomic E-state index is 6.36. The van der Waals surface area contributed by atoms with Crippen molar-refractivity contribution in [3.05, 3.63) is 68.1 Å². The Kier molecular flexibility index (Phi) is 5.71. The highest BCUT2D eigenvalue weighted by Crippen LogP contribution is 2.38. The Balaban J connectivity index is 2.51. The molecule has 0 nitrogen and oxygen atoms in total. The quantitative estimate of drug-likeness (QED) is 0.486. The molecule has 2 aromatic carbocycles. The zero-order valence-electron chi connectivity index (χ0n) is 11.6.